The van der Waals surface area contributed by atoms with E-state index < -0.39 is 0 Å². The number of piperidine rings is 1. The van der Waals surface area contributed by atoms with Crippen LogP contribution in [0.5, 0.6) is 0 Å². The molecule has 0 bridgehead atoms. The predicted octanol–water partition coefficient (Wildman–Crippen LogP) is 2.28. The van der Waals surface area contributed by atoms with Gasteiger partial charge in [-0.1, -0.05) is 36.8 Å². The zero-order chi connectivity index (χ0) is 15.5. The molecule has 1 fully saturated rings. The lowest BCUT2D eigenvalue weighted by Gasteiger charge is -2.22. The molecule has 0 radical (unpaired) electrons. The summed E-state index contributed by atoms with van der Waals surface area (Å²) in [5.74, 6) is 0.157. The van der Waals surface area contributed by atoms with Gasteiger partial charge in [0.25, 0.3) is 0 Å². The van der Waals surface area contributed by atoms with E-state index in [9.17, 15) is 4.79 Å². The Balaban J connectivity index is 1.42. The molecule has 1 saturated heterocycles. The third kappa shape index (κ3) is 6.58. The molecule has 4 nitrogen and oxygen atoms in total. The average Bonchev–Trinajstić information content (AvgIpc) is 2.59. The van der Waals surface area contributed by atoms with Crippen LogP contribution in [-0.4, -0.2) is 38.3 Å². The van der Waals surface area contributed by atoms with Gasteiger partial charge in [0, 0.05) is 13.2 Å². The van der Waals surface area contributed by atoms with Crippen LogP contribution >= 0.6 is 0 Å². The molecular weight excluding hydrogens is 276 g/mol. The molecule has 1 atom stereocenters. The minimum atomic E-state index is 0.0240. The maximum atomic E-state index is 11.9. The van der Waals surface area contributed by atoms with Crippen molar-refractivity contribution in [2.24, 2.45) is 0 Å². The Labute approximate surface area is 133 Å². The molecule has 0 aliphatic carbocycles. The van der Waals surface area contributed by atoms with Crippen molar-refractivity contribution in [1.29, 1.82) is 0 Å². The maximum Gasteiger partial charge on any atom is 0.237 e. The van der Waals surface area contributed by atoms with Crippen molar-refractivity contribution in [3.63, 3.8) is 0 Å². The summed E-state index contributed by atoms with van der Waals surface area (Å²) in [5, 5.41) is 6.28. The van der Waals surface area contributed by atoms with E-state index in [0.29, 0.717) is 0 Å². The lowest BCUT2D eigenvalue weighted by Crippen LogP contribution is -2.46. The molecule has 1 unspecified atom stereocenters. The van der Waals surface area contributed by atoms with Gasteiger partial charge in [-0.25, -0.2) is 0 Å². The van der Waals surface area contributed by atoms with Crippen LogP contribution in [0.25, 0.3) is 0 Å². The fourth-order valence-corrected chi connectivity index (χ4v) is 2.68. The van der Waals surface area contributed by atoms with Crippen molar-refractivity contribution in [2.45, 2.75) is 44.6 Å². The smallest absolute Gasteiger partial charge is 0.237 e. The second-order valence-electron chi connectivity index (χ2n) is 5.85. The normalized spacial score (nSPS) is 18.1. The van der Waals surface area contributed by atoms with Gasteiger partial charge in [-0.3, -0.25) is 4.79 Å². The van der Waals surface area contributed by atoms with Crippen LogP contribution in [0, 0.1) is 0 Å². The van der Waals surface area contributed by atoms with Crippen molar-refractivity contribution in [2.75, 3.05) is 26.3 Å². The lowest BCUT2D eigenvalue weighted by molar-refractivity contribution is -0.123. The molecule has 0 aromatic heterocycles. The maximum absolute atomic E-state index is 11.9. The number of hydrogen-bond acceptors (Lipinski definition) is 3. The number of unbranched alkanes of at least 4 members (excludes halogenated alkanes) is 1. The molecule has 1 aromatic rings. The fourth-order valence-electron chi connectivity index (χ4n) is 2.68. The molecule has 1 aromatic carbocycles. The van der Waals surface area contributed by atoms with Crippen LogP contribution < -0.4 is 10.6 Å². The summed E-state index contributed by atoms with van der Waals surface area (Å²) in [5.41, 5.74) is 1.31. The molecule has 4 heteroatoms. The number of rotatable bonds is 9. The molecule has 0 saturated carbocycles. The summed E-state index contributed by atoms with van der Waals surface area (Å²) in [6.07, 6.45) is 6.24. The number of ether oxygens (including phenoxy) is 1. The van der Waals surface area contributed by atoms with Gasteiger partial charge in [-0.15, -0.1) is 0 Å². The summed E-state index contributed by atoms with van der Waals surface area (Å²) in [7, 11) is 0. The quantitative estimate of drug-likeness (QED) is 0.688. The third-order valence-corrected chi connectivity index (χ3v) is 4.02. The summed E-state index contributed by atoms with van der Waals surface area (Å²) >= 11 is 0. The largest absolute Gasteiger partial charge is 0.381 e. The van der Waals surface area contributed by atoms with Crippen LogP contribution in [-0.2, 0) is 16.0 Å². The first-order chi connectivity index (χ1) is 10.9. The average molecular weight is 304 g/mol. The Morgan fingerprint density at radius 3 is 2.82 bits per heavy atom. The first kappa shape index (κ1) is 17.0. The van der Waals surface area contributed by atoms with Crippen molar-refractivity contribution >= 4 is 5.91 Å². The molecule has 122 valence electrons. The first-order valence-corrected chi connectivity index (χ1v) is 8.49. The molecule has 2 N–H and O–H groups in total. The highest BCUT2D eigenvalue weighted by atomic mass is 16.5. The van der Waals surface area contributed by atoms with Gasteiger partial charge in [0.2, 0.25) is 5.91 Å². The molecule has 0 spiro atoms. The number of carbonyl (C=O) groups is 1. The Kier molecular flexibility index (Phi) is 7.99. The standard InChI is InChI=1S/C18H28N2O2/c21-18(17-10-4-5-12-19-17)20-13-6-7-14-22-15-11-16-8-2-1-3-9-16/h1-3,8-9,17,19H,4-7,10-15H2,(H,20,21). The monoisotopic (exact) mass is 304 g/mol. The van der Waals surface area contributed by atoms with Crippen LogP contribution in [0.1, 0.15) is 37.7 Å². The van der Waals surface area contributed by atoms with Crippen molar-refractivity contribution < 1.29 is 9.53 Å². The van der Waals surface area contributed by atoms with Crippen LogP contribution in [0.3, 0.4) is 0 Å². The highest BCUT2D eigenvalue weighted by molar-refractivity contribution is 5.81. The fraction of sp³-hybridized carbons (Fsp3) is 0.611. The minimum Gasteiger partial charge on any atom is -0.381 e. The zero-order valence-corrected chi connectivity index (χ0v) is 13.4. The number of amides is 1. The molecule has 22 heavy (non-hydrogen) atoms. The van der Waals surface area contributed by atoms with E-state index in [4.69, 9.17) is 4.74 Å². The Morgan fingerprint density at radius 1 is 1.18 bits per heavy atom. The summed E-state index contributed by atoms with van der Waals surface area (Å²) < 4.78 is 5.64. The highest BCUT2D eigenvalue weighted by Crippen LogP contribution is 2.06. The summed E-state index contributed by atoms with van der Waals surface area (Å²) in [4.78, 5) is 11.9. The minimum absolute atomic E-state index is 0.0240. The molecular formula is C18H28N2O2. The SMILES string of the molecule is O=C(NCCCCOCCc1ccccc1)C1CCCCN1. The van der Waals surface area contributed by atoms with E-state index in [1.807, 2.05) is 6.07 Å². The number of benzene rings is 1. The van der Waals surface area contributed by atoms with Gasteiger partial charge in [0.05, 0.1) is 12.6 Å². The van der Waals surface area contributed by atoms with Crippen LogP contribution in [0.15, 0.2) is 30.3 Å². The van der Waals surface area contributed by atoms with Crippen molar-refractivity contribution in [3.05, 3.63) is 35.9 Å². The molecule has 1 aliphatic heterocycles. The zero-order valence-electron chi connectivity index (χ0n) is 13.4. The van der Waals surface area contributed by atoms with E-state index in [1.54, 1.807) is 0 Å². The van der Waals surface area contributed by atoms with Crippen molar-refractivity contribution in [1.82, 2.24) is 10.6 Å². The van der Waals surface area contributed by atoms with Gasteiger partial charge >= 0.3 is 0 Å². The van der Waals surface area contributed by atoms with Gasteiger partial charge in [0.15, 0.2) is 0 Å². The van der Waals surface area contributed by atoms with Crippen LogP contribution in [0.2, 0.25) is 0 Å². The molecule has 1 aliphatic rings. The second kappa shape index (κ2) is 10.4. The Hall–Kier alpha value is -1.39. The summed E-state index contributed by atoms with van der Waals surface area (Å²) in [6.45, 7) is 3.25. The van der Waals surface area contributed by atoms with E-state index in [1.165, 1.54) is 12.0 Å². The molecule has 1 amide bonds. The third-order valence-electron chi connectivity index (χ3n) is 4.02. The number of nitrogens with one attached hydrogen (secondary N) is 2. The molecule has 1 heterocycles. The topological polar surface area (TPSA) is 50.4 Å². The molecule has 2 rings (SSSR count). The highest BCUT2D eigenvalue weighted by Gasteiger charge is 2.19. The van der Waals surface area contributed by atoms with Gasteiger partial charge in [-0.05, 0) is 44.2 Å². The predicted molar refractivity (Wildman–Crippen MR) is 88.9 cm³/mol. The van der Waals surface area contributed by atoms with E-state index in [-0.39, 0.29) is 11.9 Å². The van der Waals surface area contributed by atoms with E-state index >= 15 is 0 Å². The van der Waals surface area contributed by atoms with Gasteiger partial charge in [0.1, 0.15) is 0 Å². The van der Waals surface area contributed by atoms with E-state index in [0.717, 1.165) is 58.4 Å². The Morgan fingerprint density at radius 2 is 2.05 bits per heavy atom. The first-order valence-electron chi connectivity index (χ1n) is 8.49. The van der Waals surface area contributed by atoms with Gasteiger partial charge < -0.3 is 15.4 Å². The van der Waals surface area contributed by atoms with Gasteiger partial charge in [-0.2, -0.15) is 0 Å². The van der Waals surface area contributed by atoms with Crippen molar-refractivity contribution in [3.8, 4) is 0 Å². The lowest BCUT2D eigenvalue weighted by atomic mass is 10.0. The number of carbonyl (C=O) groups excluding carboxylic acids is 1. The second-order valence-corrected chi connectivity index (χ2v) is 5.85. The number of hydrogen-bond donors (Lipinski definition) is 2. The van der Waals surface area contributed by atoms with Crippen LogP contribution in [0.4, 0.5) is 0 Å². The van der Waals surface area contributed by atoms with E-state index in [2.05, 4.69) is 34.9 Å². The summed E-state index contributed by atoms with van der Waals surface area (Å²) in [6, 6.07) is 10.4. The Bertz CT molecular complexity index is 416.